The third-order valence-electron chi connectivity index (χ3n) is 3.39. The van der Waals surface area contributed by atoms with Gasteiger partial charge in [-0.3, -0.25) is 10.1 Å². The van der Waals surface area contributed by atoms with Gasteiger partial charge < -0.3 is 21.5 Å². The molecule has 11 heteroatoms. The van der Waals surface area contributed by atoms with Crippen molar-refractivity contribution < 1.29 is 9.66 Å². The van der Waals surface area contributed by atoms with Gasteiger partial charge in [-0.2, -0.15) is 9.98 Å². The maximum Gasteiger partial charge on any atom is 0.311 e. The number of thiazole rings is 1. The van der Waals surface area contributed by atoms with Gasteiger partial charge in [0, 0.05) is 28.8 Å². The summed E-state index contributed by atoms with van der Waals surface area (Å²) in [5.74, 6) is 0.277. The van der Waals surface area contributed by atoms with E-state index in [9.17, 15) is 10.1 Å². The molecular weight excluding hydrogens is 370 g/mol. The number of benzene rings is 1. The number of ether oxygens (including phenoxy) is 1. The molecule has 3 rings (SSSR count). The highest BCUT2D eigenvalue weighted by Crippen LogP contribution is 2.31. The normalized spacial score (nSPS) is 10.3. The number of nitrogens with one attached hydrogen (secondary N) is 1. The average Bonchev–Trinajstić information content (AvgIpc) is 3.09. The Bertz CT molecular complexity index is 1010. The fourth-order valence-electron chi connectivity index (χ4n) is 2.24. The van der Waals surface area contributed by atoms with E-state index < -0.39 is 4.92 Å². The minimum Gasteiger partial charge on any atom is -0.481 e. The van der Waals surface area contributed by atoms with Gasteiger partial charge in [0.15, 0.2) is 5.96 Å². The van der Waals surface area contributed by atoms with Crippen LogP contribution < -0.4 is 21.5 Å². The number of aromatic nitrogens is 2. The Labute approximate surface area is 157 Å². The first-order chi connectivity index (χ1) is 13.0. The molecule has 0 radical (unpaired) electrons. The van der Waals surface area contributed by atoms with E-state index in [-0.39, 0.29) is 23.3 Å². The van der Waals surface area contributed by atoms with Crippen LogP contribution in [0.15, 0.2) is 46.8 Å². The quantitative estimate of drug-likeness (QED) is 0.253. The van der Waals surface area contributed by atoms with E-state index in [4.69, 9.17) is 16.2 Å². The summed E-state index contributed by atoms with van der Waals surface area (Å²) in [6.07, 6.45) is 0. The van der Waals surface area contributed by atoms with E-state index in [2.05, 4.69) is 20.3 Å². The Morgan fingerprint density at radius 1 is 1.30 bits per heavy atom. The standard InChI is InChI=1S/C16H15N7O3S/c1-26-13-6-5-12(23(24)25)14(21-13)19-10-4-2-3-9(7-10)11-8-27-16(20-11)22-15(17)18/h2-8H,1H3,(H,19,21)(H4,17,18,20,22). The van der Waals surface area contributed by atoms with E-state index in [1.54, 1.807) is 18.2 Å². The van der Waals surface area contributed by atoms with Gasteiger partial charge in [-0.05, 0) is 12.1 Å². The second-order valence-corrected chi connectivity index (χ2v) is 6.07. The number of rotatable bonds is 6. The molecule has 27 heavy (non-hydrogen) atoms. The number of hydrogen-bond donors (Lipinski definition) is 3. The molecule has 5 N–H and O–H groups in total. The predicted octanol–water partition coefficient (Wildman–Crippen LogP) is 2.77. The summed E-state index contributed by atoms with van der Waals surface area (Å²) in [6.45, 7) is 0. The molecule has 0 bridgehead atoms. The van der Waals surface area contributed by atoms with Crippen LogP contribution in [0.1, 0.15) is 0 Å². The number of nitrogens with zero attached hydrogens (tertiary/aromatic N) is 4. The molecule has 2 heterocycles. The van der Waals surface area contributed by atoms with Crippen LogP contribution in [0.25, 0.3) is 11.3 Å². The molecule has 1 aromatic carbocycles. The lowest BCUT2D eigenvalue weighted by molar-refractivity contribution is -0.384. The van der Waals surface area contributed by atoms with Crippen LogP contribution in [-0.4, -0.2) is 28.0 Å². The minimum atomic E-state index is -0.513. The van der Waals surface area contributed by atoms with E-state index in [1.165, 1.54) is 30.6 Å². The molecule has 0 saturated carbocycles. The summed E-state index contributed by atoms with van der Waals surface area (Å²) >= 11 is 1.30. The van der Waals surface area contributed by atoms with E-state index in [0.717, 1.165) is 5.56 Å². The van der Waals surface area contributed by atoms with Gasteiger partial charge in [-0.15, -0.1) is 11.3 Å². The molecule has 0 amide bonds. The molecule has 0 spiro atoms. The molecular formula is C16H15N7O3S. The highest BCUT2D eigenvalue weighted by Gasteiger charge is 2.17. The van der Waals surface area contributed by atoms with Crippen molar-refractivity contribution in [3.05, 3.63) is 51.9 Å². The average molecular weight is 385 g/mol. The van der Waals surface area contributed by atoms with Crippen LogP contribution in [0.2, 0.25) is 0 Å². The van der Waals surface area contributed by atoms with Crippen molar-refractivity contribution in [1.82, 2.24) is 9.97 Å². The molecule has 0 aliphatic carbocycles. The number of methoxy groups -OCH3 is 1. The topological polar surface area (TPSA) is 155 Å². The zero-order valence-electron chi connectivity index (χ0n) is 14.1. The molecule has 10 nitrogen and oxygen atoms in total. The second-order valence-electron chi connectivity index (χ2n) is 5.24. The van der Waals surface area contributed by atoms with Gasteiger partial charge in [0.2, 0.25) is 16.8 Å². The van der Waals surface area contributed by atoms with Crippen molar-refractivity contribution >= 4 is 39.6 Å². The summed E-state index contributed by atoms with van der Waals surface area (Å²) in [6, 6.07) is 9.97. The third kappa shape index (κ3) is 4.27. The molecule has 2 aromatic heterocycles. The van der Waals surface area contributed by atoms with Gasteiger partial charge in [-0.25, -0.2) is 4.98 Å². The number of nitrogens with two attached hydrogens (primary N) is 2. The van der Waals surface area contributed by atoms with Crippen molar-refractivity contribution in [1.29, 1.82) is 0 Å². The van der Waals surface area contributed by atoms with E-state index in [0.29, 0.717) is 16.5 Å². The van der Waals surface area contributed by atoms with Crippen LogP contribution in [0.3, 0.4) is 0 Å². The number of hydrogen-bond acceptors (Lipinski definition) is 8. The van der Waals surface area contributed by atoms with Gasteiger partial charge in [0.1, 0.15) is 0 Å². The maximum absolute atomic E-state index is 11.2. The van der Waals surface area contributed by atoms with E-state index >= 15 is 0 Å². The van der Waals surface area contributed by atoms with Gasteiger partial charge in [0.25, 0.3) is 0 Å². The molecule has 3 aromatic rings. The van der Waals surface area contributed by atoms with Crippen LogP contribution in [-0.2, 0) is 0 Å². The Morgan fingerprint density at radius 3 is 2.81 bits per heavy atom. The lowest BCUT2D eigenvalue weighted by Crippen LogP contribution is -2.21. The highest BCUT2D eigenvalue weighted by atomic mass is 32.1. The monoisotopic (exact) mass is 385 g/mol. The van der Waals surface area contributed by atoms with Crippen molar-refractivity contribution in [2.45, 2.75) is 0 Å². The number of aliphatic imine (C=N–C) groups is 1. The molecule has 0 unspecified atom stereocenters. The molecule has 0 aliphatic heterocycles. The van der Waals surface area contributed by atoms with Crippen molar-refractivity contribution in [3.8, 4) is 17.1 Å². The number of pyridine rings is 1. The SMILES string of the molecule is COc1ccc([N+](=O)[O-])c(Nc2cccc(-c3csc(N=C(N)N)n3)c2)n1. The van der Waals surface area contributed by atoms with Crippen molar-refractivity contribution in [2.24, 2.45) is 16.5 Å². The van der Waals surface area contributed by atoms with Crippen molar-refractivity contribution in [3.63, 3.8) is 0 Å². The number of anilines is 2. The lowest BCUT2D eigenvalue weighted by Gasteiger charge is -2.08. The summed E-state index contributed by atoms with van der Waals surface area (Å²) < 4.78 is 5.04. The summed E-state index contributed by atoms with van der Waals surface area (Å²) in [7, 11) is 1.44. The molecule has 0 fully saturated rings. The first kappa shape index (κ1) is 18.1. The first-order valence-electron chi connectivity index (χ1n) is 7.58. The van der Waals surface area contributed by atoms with Gasteiger partial charge >= 0.3 is 5.69 Å². The minimum absolute atomic E-state index is 0.0669. The lowest BCUT2D eigenvalue weighted by atomic mass is 10.1. The van der Waals surface area contributed by atoms with Crippen LogP contribution in [0.5, 0.6) is 5.88 Å². The summed E-state index contributed by atoms with van der Waals surface area (Å²) in [5, 5.41) is 16.4. The molecule has 0 saturated heterocycles. The fraction of sp³-hybridized carbons (Fsp3) is 0.0625. The first-order valence-corrected chi connectivity index (χ1v) is 8.46. The van der Waals surface area contributed by atoms with Gasteiger partial charge in [0.05, 0.1) is 17.7 Å². The van der Waals surface area contributed by atoms with Crippen LogP contribution in [0, 0.1) is 10.1 Å². The van der Waals surface area contributed by atoms with Crippen LogP contribution >= 0.6 is 11.3 Å². The smallest absolute Gasteiger partial charge is 0.311 e. The number of guanidine groups is 1. The zero-order chi connectivity index (χ0) is 19.4. The van der Waals surface area contributed by atoms with Gasteiger partial charge in [-0.1, -0.05) is 12.1 Å². The Morgan fingerprint density at radius 2 is 2.11 bits per heavy atom. The highest BCUT2D eigenvalue weighted by molar-refractivity contribution is 7.13. The Balaban J connectivity index is 1.92. The maximum atomic E-state index is 11.2. The molecule has 0 atom stereocenters. The largest absolute Gasteiger partial charge is 0.481 e. The number of nitro groups is 1. The van der Waals surface area contributed by atoms with E-state index in [1.807, 2.05) is 11.4 Å². The van der Waals surface area contributed by atoms with Crippen molar-refractivity contribution in [2.75, 3.05) is 12.4 Å². The van der Waals surface area contributed by atoms with Crippen LogP contribution in [0.4, 0.5) is 22.3 Å². The zero-order valence-corrected chi connectivity index (χ0v) is 14.9. The fourth-order valence-corrected chi connectivity index (χ4v) is 2.95. The third-order valence-corrected chi connectivity index (χ3v) is 4.13. The summed E-state index contributed by atoms with van der Waals surface area (Å²) in [5.41, 5.74) is 12.6. The Kier molecular flexibility index (Phi) is 5.13. The molecule has 138 valence electrons. The predicted molar refractivity (Wildman–Crippen MR) is 104 cm³/mol. The molecule has 0 aliphatic rings. The Hall–Kier alpha value is -3.73. The second kappa shape index (κ2) is 7.66. The summed E-state index contributed by atoms with van der Waals surface area (Å²) in [4.78, 5) is 23.1.